The smallest absolute Gasteiger partial charge is 0.328 e. The maximum Gasteiger partial charge on any atom is 0.328 e. The Hall–Kier alpha value is -1.27. The fourth-order valence-electron chi connectivity index (χ4n) is 1.39. The molecule has 1 fully saturated rings. The molecule has 98 valence electrons. The molecule has 2 rings (SSSR count). The van der Waals surface area contributed by atoms with Crippen LogP contribution in [-0.4, -0.2) is 21.0 Å². The molecule has 1 aromatic carbocycles. The van der Waals surface area contributed by atoms with E-state index in [0.29, 0.717) is 17.5 Å². The van der Waals surface area contributed by atoms with Gasteiger partial charge in [0.2, 0.25) is 0 Å². The number of carbonyl (C=O) groups is 1. The molecule has 7 heteroatoms. The number of amides is 2. The van der Waals surface area contributed by atoms with Crippen molar-refractivity contribution in [3.8, 4) is 0 Å². The molecule has 0 saturated heterocycles. The standard InChI is InChI=1S/C11H13ClN2O3S/c12-9-3-5-10(6-4-9)18(16,17)14-11(15)13-7-8-1-2-8/h3-6,8H,1-2,7H2,(H2,13,14,15). The molecule has 2 N–H and O–H groups in total. The average Bonchev–Trinajstić information content (AvgIpc) is 3.10. The van der Waals surface area contributed by atoms with Gasteiger partial charge in [0.05, 0.1) is 4.90 Å². The summed E-state index contributed by atoms with van der Waals surface area (Å²) in [5.41, 5.74) is 0. The van der Waals surface area contributed by atoms with Gasteiger partial charge >= 0.3 is 6.03 Å². The topological polar surface area (TPSA) is 75.3 Å². The van der Waals surface area contributed by atoms with Gasteiger partial charge in [0.1, 0.15) is 0 Å². The fourth-order valence-corrected chi connectivity index (χ4v) is 2.44. The molecule has 0 aromatic heterocycles. The van der Waals surface area contributed by atoms with Gasteiger partial charge in [-0.05, 0) is 43.0 Å². The summed E-state index contributed by atoms with van der Waals surface area (Å²) in [4.78, 5) is 11.4. The summed E-state index contributed by atoms with van der Waals surface area (Å²) < 4.78 is 25.6. The average molecular weight is 289 g/mol. The van der Waals surface area contributed by atoms with Crippen LogP contribution in [0.4, 0.5) is 4.79 Å². The number of rotatable bonds is 4. The zero-order valence-corrected chi connectivity index (χ0v) is 11.1. The van der Waals surface area contributed by atoms with E-state index in [-0.39, 0.29) is 4.90 Å². The maximum absolute atomic E-state index is 11.8. The molecule has 1 aliphatic rings. The molecular weight excluding hydrogens is 276 g/mol. The van der Waals surface area contributed by atoms with E-state index in [0.717, 1.165) is 12.8 Å². The predicted molar refractivity (Wildman–Crippen MR) is 67.9 cm³/mol. The van der Waals surface area contributed by atoms with Gasteiger partial charge in [0.15, 0.2) is 0 Å². The predicted octanol–water partition coefficient (Wildman–Crippen LogP) is 1.74. The van der Waals surface area contributed by atoms with Gasteiger partial charge in [0.25, 0.3) is 10.0 Å². The number of hydrogen-bond donors (Lipinski definition) is 2. The van der Waals surface area contributed by atoms with E-state index < -0.39 is 16.1 Å². The summed E-state index contributed by atoms with van der Waals surface area (Å²) in [6, 6.07) is 4.91. The Labute approximate surface area is 111 Å². The molecule has 1 saturated carbocycles. The van der Waals surface area contributed by atoms with Gasteiger partial charge in [-0.25, -0.2) is 17.9 Å². The van der Waals surface area contributed by atoms with Crippen molar-refractivity contribution in [1.82, 2.24) is 10.0 Å². The maximum atomic E-state index is 11.8. The van der Waals surface area contributed by atoms with Crippen LogP contribution in [0.3, 0.4) is 0 Å². The molecule has 1 aromatic rings. The first kappa shape index (κ1) is 13.2. The Morgan fingerprint density at radius 1 is 1.28 bits per heavy atom. The van der Waals surface area contributed by atoms with Crippen molar-refractivity contribution in [3.05, 3.63) is 29.3 Å². The second kappa shape index (κ2) is 5.16. The molecule has 0 aliphatic heterocycles. The third kappa shape index (κ3) is 3.61. The van der Waals surface area contributed by atoms with Crippen LogP contribution < -0.4 is 10.0 Å². The number of sulfonamides is 1. The van der Waals surface area contributed by atoms with Gasteiger partial charge in [-0.15, -0.1) is 0 Å². The molecule has 0 unspecified atom stereocenters. The molecule has 0 heterocycles. The highest BCUT2D eigenvalue weighted by molar-refractivity contribution is 7.90. The van der Waals surface area contributed by atoms with Gasteiger partial charge in [-0.3, -0.25) is 0 Å². The number of nitrogens with one attached hydrogen (secondary N) is 2. The monoisotopic (exact) mass is 288 g/mol. The largest absolute Gasteiger partial charge is 0.337 e. The molecule has 0 radical (unpaired) electrons. The number of benzene rings is 1. The molecule has 2 amide bonds. The minimum Gasteiger partial charge on any atom is -0.337 e. The summed E-state index contributed by atoms with van der Waals surface area (Å²) in [7, 11) is -3.82. The Morgan fingerprint density at radius 2 is 1.89 bits per heavy atom. The Kier molecular flexibility index (Phi) is 3.77. The minimum atomic E-state index is -3.82. The normalized spacial score (nSPS) is 15.2. The van der Waals surface area contributed by atoms with Crippen LogP contribution in [0.15, 0.2) is 29.2 Å². The van der Waals surface area contributed by atoms with E-state index in [1.165, 1.54) is 24.3 Å². The van der Waals surface area contributed by atoms with Crippen LogP contribution in [0.1, 0.15) is 12.8 Å². The molecule has 5 nitrogen and oxygen atoms in total. The summed E-state index contributed by atoms with van der Waals surface area (Å²) in [5.74, 6) is 0.494. The zero-order chi connectivity index (χ0) is 13.2. The Morgan fingerprint density at radius 3 is 2.44 bits per heavy atom. The lowest BCUT2D eigenvalue weighted by Crippen LogP contribution is -2.40. The third-order valence-electron chi connectivity index (χ3n) is 2.60. The van der Waals surface area contributed by atoms with Crippen LogP contribution in [0.2, 0.25) is 5.02 Å². The molecule has 18 heavy (non-hydrogen) atoms. The van der Waals surface area contributed by atoms with Crippen LogP contribution in [0, 0.1) is 5.92 Å². The quantitative estimate of drug-likeness (QED) is 0.886. The van der Waals surface area contributed by atoms with Crippen LogP contribution in [-0.2, 0) is 10.0 Å². The lowest BCUT2D eigenvalue weighted by atomic mass is 10.4. The molecular formula is C11H13ClN2O3S. The lowest BCUT2D eigenvalue weighted by Gasteiger charge is -2.08. The van der Waals surface area contributed by atoms with Crippen LogP contribution >= 0.6 is 11.6 Å². The van der Waals surface area contributed by atoms with Crippen molar-refractivity contribution in [2.75, 3.05) is 6.54 Å². The van der Waals surface area contributed by atoms with Crippen LogP contribution in [0.5, 0.6) is 0 Å². The van der Waals surface area contributed by atoms with Crippen molar-refractivity contribution in [1.29, 1.82) is 0 Å². The SMILES string of the molecule is O=C(NCC1CC1)NS(=O)(=O)c1ccc(Cl)cc1. The van der Waals surface area contributed by atoms with E-state index >= 15 is 0 Å². The first-order chi connectivity index (χ1) is 8.47. The Balaban J connectivity index is 1.97. The first-order valence-electron chi connectivity index (χ1n) is 5.53. The van der Waals surface area contributed by atoms with Crippen LogP contribution in [0.25, 0.3) is 0 Å². The van der Waals surface area contributed by atoms with Gasteiger partial charge in [0, 0.05) is 11.6 Å². The van der Waals surface area contributed by atoms with Gasteiger partial charge in [-0.1, -0.05) is 11.6 Å². The molecule has 0 bridgehead atoms. The molecule has 0 atom stereocenters. The summed E-state index contributed by atoms with van der Waals surface area (Å²) in [6.07, 6.45) is 2.18. The highest BCUT2D eigenvalue weighted by atomic mass is 35.5. The van der Waals surface area contributed by atoms with Crippen molar-refractivity contribution in [2.45, 2.75) is 17.7 Å². The first-order valence-corrected chi connectivity index (χ1v) is 7.40. The van der Waals surface area contributed by atoms with E-state index in [4.69, 9.17) is 11.6 Å². The minimum absolute atomic E-state index is 0.00784. The second-order valence-electron chi connectivity index (χ2n) is 4.21. The van der Waals surface area contributed by atoms with E-state index in [9.17, 15) is 13.2 Å². The van der Waals surface area contributed by atoms with E-state index in [1.54, 1.807) is 0 Å². The van der Waals surface area contributed by atoms with Crippen molar-refractivity contribution < 1.29 is 13.2 Å². The highest BCUT2D eigenvalue weighted by Crippen LogP contribution is 2.27. The third-order valence-corrected chi connectivity index (χ3v) is 4.20. The summed E-state index contributed by atoms with van der Waals surface area (Å²) in [5, 5.41) is 2.96. The number of carbonyl (C=O) groups excluding carboxylic acids is 1. The van der Waals surface area contributed by atoms with Crippen molar-refractivity contribution >= 4 is 27.7 Å². The van der Waals surface area contributed by atoms with Gasteiger partial charge < -0.3 is 5.32 Å². The number of urea groups is 1. The molecule has 1 aliphatic carbocycles. The highest BCUT2D eigenvalue weighted by Gasteiger charge is 2.23. The Bertz CT molecular complexity index is 538. The molecule has 0 spiro atoms. The zero-order valence-electron chi connectivity index (χ0n) is 9.52. The second-order valence-corrected chi connectivity index (χ2v) is 6.33. The summed E-state index contributed by atoms with van der Waals surface area (Å²) in [6.45, 7) is 0.516. The number of halogens is 1. The van der Waals surface area contributed by atoms with E-state index in [1.807, 2.05) is 4.72 Å². The summed E-state index contributed by atoms with van der Waals surface area (Å²) >= 11 is 5.66. The fraction of sp³-hybridized carbons (Fsp3) is 0.364. The van der Waals surface area contributed by atoms with E-state index in [2.05, 4.69) is 5.32 Å². The lowest BCUT2D eigenvalue weighted by molar-refractivity contribution is 0.245. The van der Waals surface area contributed by atoms with Crippen molar-refractivity contribution in [2.24, 2.45) is 5.92 Å². The van der Waals surface area contributed by atoms with Gasteiger partial charge in [-0.2, -0.15) is 0 Å². The van der Waals surface area contributed by atoms with Crippen molar-refractivity contribution in [3.63, 3.8) is 0 Å². The number of hydrogen-bond acceptors (Lipinski definition) is 3.